The minimum absolute atomic E-state index is 0.314. The van der Waals surface area contributed by atoms with Crippen molar-refractivity contribution in [1.82, 2.24) is 0 Å². The van der Waals surface area contributed by atoms with Gasteiger partial charge >= 0.3 is 5.63 Å². The van der Waals surface area contributed by atoms with E-state index >= 15 is 0 Å². The SMILES string of the molecule is Cc1cc2ccc(O[C@H]3O[C@@H](CO)[C@H](O)[C@H]3O)cc2oc1=O. The third kappa shape index (κ3) is 2.59. The van der Waals surface area contributed by atoms with Crippen molar-refractivity contribution in [3.8, 4) is 5.75 Å². The van der Waals surface area contributed by atoms with Crippen LogP contribution in [0.25, 0.3) is 11.0 Å². The molecule has 7 nitrogen and oxygen atoms in total. The van der Waals surface area contributed by atoms with Crippen molar-refractivity contribution in [1.29, 1.82) is 0 Å². The molecular weight excluding hydrogens is 292 g/mol. The van der Waals surface area contributed by atoms with Crippen LogP contribution in [0.5, 0.6) is 5.75 Å². The highest BCUT2D eigenvalue weighted by molar-refractivity contribution is 5.78. The zero-order chi connectivity index (χ0) is 15.9. The fourth-order valence-electron chi connectivity index (χ4n) is 2.37. The van der Waals surface area contributed by atoms with Gasteiger partial charge in [0.1, 0.15) is 29.6 Å². The number of ether oxygens (including phenoxy) is 2. The Morgan fingerprint density at radius 3 is 2.68 bits per heavy atom. The summed E-state index contributed by atoms with van der Waals surface area (Å²) in [6, 6.07) is 6.56. The highest BCUT2D eigenvalue weighted by Gasteiger charge is 2.43. The molecule has 0 radical (unpaired) electrons. The number of benzene rings is 1. The lowest BCUT2D eigenvalue weighted by atomic mass is 10.1. The fraction of sp³-hybridized carbons (Fsp3) is 0.400. The Bertz CT molecular complexity index is 738. The Morgan fingerprint density at radius 2 is 2.00 bits per heavy atom. The second-order valence-electron chi connectivity index (χ2n) is 5.24. The number of aliphatic hydroxyl groups excluding tert-OH is 3. The monoisotopic (exact) mass is 308 g/mol. The van der Waals surface area contributed by atoms with E-state index in [0.29, 0.717) is 16.9 Å². The quantitative estimate of drug-likeness (QED) is 0.680. The molecule has 22 heavy (non-hydrogen) atoms. The first-order valence-corrected chi connectivity index (χ1v) is 6.83. The van der Waals surface area contributed by atoms with Gasteiger partial charge in [-0.05, 0) is 25.1 Å². The average molecular weight is 308 g/mol. The minimum Gasteiger partial charge on any atom is -0.462 e. The molecule has 1 aliphatic heterocycles. The maximum Gasteiger partial charge on any atom is 0.339 e. The molecule has 0 aliphatic carbocycles. The molecule has 1 aliphatic rings. The summed E-state index contributed by atoms with van der Waals surface area (Å²) in [6.45, 7) is 1.23. The molecule has 3 N–H and O–H groups in total. The first kappa shape index (κ1) is 15.0. The summed E-state index contributed by atoms with van der Waals surface area (Å²) in [5.41, 5.74) is 0.419. The molecule has 3 rings (SSSR count). The van der Waals surface area contributed by atoms with E-state index in [-0.39, 0.29) is 0 Å². The van der Waals surface area contributed by atoms with Gasteiger partial charge in [-0.25, -0.2) is 4.79 Å². The molecule has 0 amide bonds. The number of fused-ring (bicyclic) bond motifs is 1. The van der Waals surface area contributed by atoms with E-state index < -0.39 is 36.8 Å². The fourth-order valence-corrected chi connectivity index (χ4v) is 2.37. The Morgan fingerprint density at radius 1 is 1.23 bits per heavy atom. The van der Waals surface area contributed by atoms with E-state index in [0.717, 1.165) is 5.39 Å². The molecule has 2 heterocycles. The Kier molecular flexibility index (Phi) is 3.88. The van der Waals surface area contributed by atoms with Crippen LogP contribution in [0.15, 0.2) is 33.5 Å². The Balaban J connectivity index is 1.85. The summed E-state index contributed by atoms with van der Waals surface area (Å²) in [7, 11) is 0. The lowest BCUT2D eigenvalue weighted by molar-refractivity contribution is -0.116. The summed E-state index contributed by atoms with van der Waals surface area (Å²) >= 11 is 0. The van der Waals surface area contributed by atoms with Gasteiger partial charge in [0, 0.05) is 17.0 Å². The van der Waals surface area contributed by atoms with Crippen molar-refractivity contribution < 1.29 is 29.2 Å². The van der Waals surface area contributed by atoms with Crippen LogP contribution in [0.3, 0.4) is 0 Å². The van der Waals surface area contributed by atoms with Crippen molar-refractivity contribution in [2.45, 2.75) is 31.5 Å². The molecule has 1 aromatic carbocycles. The van der Waals surface area contributed by atoms with Crippen LogP contribution >= 0.6 is 0 Å². The zero-order valence-corrected chi connectivity index (χ0v) is 11.8. The molecule has 118 valence electrons. The summed E-state index contributed by atoms with van der Waals surface area (Å²) in [5, 5.41) is 29.3. The molecule has 4 atom stereocenters. The van der Waals surface area contributed by atoms with Gasteiger partial charge in [0.25, 0.3) is 0 Å². The molecule has 0 bridgehead atoms. The van der Waals surface area contributed by atoms with Gasteiger partial charge in [-0.3, -0.25) is 0 Å². The van der Waals surface area contributed by atoms with Crippen molar-refractivity contribution in [3.63, 3.8) is 0 Å². The topological polar surface area (TPSA) is 109 Å². The van der Waals surface area contributed by atoms with Gasteiger partial charge < -0.3 is 29.2 Å². The summed E-state index contributed by atoms with van der Waals surface area (Å²) < 4.78 is 15.9. The van der Waals surface area contributed by atoms with Crippen LogP contribution in [-0.4, -0.2) is 46.5 Å². The van der Waals surface area contributed by atoms with Crippen LogP contribution in [0.2, 0.25) is 0 Å². The van der Waals surface area contributed by atoms with Crippen molar-refractivity contribution >= 4 is 11.0 Å². The van der Waals surface area contributed by atoms with Crippen LogP contribution in [-0.2, 0) is 4.74 Å². The number of aliphatic hydroxyl groups is 3. The summed E-state index contributed by atoms with van der Waals surface area (Å²) in [6.07, 6.45) is -4.52. The second-order valence-corrected chi connectivity index (χ2v) is 5.24. The average Bonchev–Trinajstić information content (AvgIpc) is 2.76. The normalized spacial score (nSPS) is 28.2. The number of hydrogen-bond acceptors (Lipinski definition) is 7. The lowest BCUT2D eigenvalue weighted by Crippen LogP contribution is -2.35. The van der Waals surface area contributed by atoms with Gasteiger partial charge in [-0.15, -0.1) is 0 Å². The molecule has 7 heteroatoms. The highest BCUT2D eigenvalue weighted by atomic mass is 16.7. The largest absolute Gasteiger partial charge is 0.462 e. The van der Waals surface area contributed by atoms with E-state index in [1.807, 2.05) is 0 Å². The Hall–Kier alpha value is -1.93. The smallest absolute Gasteiger partial charge is 0.339 e. The maximum atomic E-state index is 11.5. The van der Waals surface area contributed by atoms with E-state index in [1.54, 1.807) is 25.1 Å². The molecule has 0 unspecified atom stereocenters. The Labute approximate surface area is 125 Å². The van der Waals surface area contributed by atoms with E-state index in [1.165, 1.54) is 6.07 Å². The van der Waals surface area contributed by atoms with Crippen LogP contribution in [0.1, 0.15) is 5.56 Å². The lowest BCUT2D eigenvalue weighted by Gasteiger charge is -2.16. The van der Waals surface area contributed by atoms with Gasteiger partial charge in [0.15, 0.2) is 0 Å². The highest BCUT2D eigenvalue weighted by Crippen LogP contribution is 2.26. The van der Waals surface area contributed by atoms with Crippen molar-refractivity contribution in [3.05, 3.63) is 40.2 Å². The van der Waals surface area contributed by atoms with Gasteiger partial charge in [-0.1, -0.05) is 0 Å². The number of rotatable bonds is 3. The van der Waals surface area contributed by atoms with Gasteiger partial charge in [0.05, 0.1) is 6.61 Å². The summed E-state index contributed by atoms with van der Waals surface area (Å²) in [5.74, 6) is 0.314. The third-order valence-corrected chi connectivity index (χ3v) is 3.63. The van der Waals surface area contributed by atoms with Crippen LogP contribution < -0.4 is 10.4 Å². The van der Waals surface area contributed by atoms with Gasteiger partial charge in [-0.2, -0.15) is 0 Å². The third-order valence-electron chi connectivity index (χ3n) is 3.63. The predicted octanol–water partition coefficient (Wildman–Crippen LogP) is -0.0808. The van der Waals surface area contributed by atoms with Crippen LogP contribution in [0, 0.1) is 6.92 Å². The predicted molar refractivity (Wildman–Crippen MR) is 75.6 cm³/mol. The number of aryl methyl sites for hydroxylation is 1. The first-order chi connectivity index (χ1) is 10.5. The van der Waals surface area contributed by atoms with E-state index in [2.05, 4.69) is 0 Å². The first-order valence-electron chi connectivity index (χ1n) is 6.83. The van der Waals surface area contributed by atoms with Crippen molar-refractivity contribution in [2.75, 3.05) is 6.61 Å². The maximum absolute atomic E-state index is 11.5. The molecular formula is C15H16O7. The van der Waals surface area contributed by atoms with Gasteiger partial charge in [0.2, 0.25) is 6.29 Å². The minimum atomic E-state index is -1.28. The summed E-state index contributed by atoms with van der Waals surface area (Å²) in [4.78, 5) is 11.5. The molecule has 0 spiro atoms. The van der Waals surface area contributed by atoms with Crippen molar-refractivity contribution in [2.24, 2.45) is 0 Å². The van der Waals surface area contributed by atoms with Crippen LogP contribution in [0.4, 0.5) is 0 Å². The molecule has 2 aromatic rings. The molecule has 1 saturated heterocycles. The number of hydrogen-bond donors (Lipinski definition) is 3. The zero-order valence-electron chi connectivity index (χ0n) is 11.8. The molecule has 0 saturated carbocycles. The van der Waals surface area contributed by atoms with E-state index in [4.69, 9.17) is 19.0 Å². The second kappa shape index (κ2) is 5.69. The standard InChI is InChI=1S/C15H16O7/c1-7-4-8-2-3-9(5-10(8)21-14(7)19)20-15-13(18)12(17)11(6-16)22-15/h2-5,11-13,15-18H,6H2,1H3/t11-,12-,13+,15-/m0/s1. The van der Waals surface area contributed by atoms with E-state index in [9.17, 15) is 15.0 Å². The molecule has 1 fully saturated rings. The molecule has 1 aromatic heterocycles.